The number of carboxylic acids is 6. The normalized spacial score (nSPS) is 10.3. The number of hydrogen-bond acceptors (Lipinski definition) is 11. The Morgan fingerprint density at radius 1 is 0.459 bits per heavy atom. The van der Waals surface area contributed by atoms with E-state index in [9.17, 15) is 69.0 Å². The molecule has 17 nitrogen and oxygen atoms in total. The highest BCUT2D eigenvalue weighted by atomic mass is 16.6. The molecule has 0 saturated heterocycles. The SMILES string of the molecule is Nc1c(C(=O)O)c(C(=O)O)cc(C(=O)OC(=O)c2cc(C(=O)O)c(C(=O)O)c(N)c2C(=O)O)c1C(=O)O. The molecule has 0 aliphatic carbocycles. The minimum Gasteiger partial charge on any atom is -0.478 e. The van der Waals surface area contributed by atoms with Gasteiger partial charge in [0.15, 0.2) is 0 Å². The van der Waals surface area contributed by atoms with E-state index in [-0.39, 0.29) is 12.1 Å². The van der Waals surface area contributed by atoms with Crippen LogP contribution in [0, 0.1) is 0 Å². The predicted octanol–water partition coefficient (Wildman–Crippen LogP) is 0.0374. The molecule has 2 aromatic rings. The summed E-state index contributed by atoms with van der Waals surface area (Å²) in [6.45, 7) is 0. The molecular formula is C20H12N2O15. The van der Waals surface area contributed by atoms with Crippen LogP contribution in [0.1, 0.15) is 82.9 Å². The van der Waals surface area contributed by atoms with Crippen LogP contribution < -0.4 is 11.5 Å². The topological polar surface area (TPSA) is 319 Å². The first-order valence-electron chi connectivity index (χ1n) is 9.11. The monoisotopic (exact) mass is 520 g/mol. The Bertz CT molecular complexity index is 1360. The number of ether oxygens (including phenoxy) is 1. The van der Waals surface area contributed by atoms with Crippen molar-refractivity contribution in [3.63, 3.8) is 0 Å². The van der Waals surface area contributed by atoms with Crippen molar-refractivity contribution in [3.05, 3.63) is 56.6 Å². The van der Waals surface area contributed by atoms with Crippen molar-refractivity contribution in [2.24, 2.45) is 0 Å². The standard InChI is InChI=1S/C20H12N2O15/c21-11-7(15(27)28)3(13(23)24)1-5(9(11)17(31)32)19(35)37-20(36)6-2-4(14(25)26)8(16(29)30)12(22)10(6)18(33)34/h1-2H,21-22H2,(H,23,24)(H,25,26)(H,27,28)(H,29,30)(H,31,32)(H,33,34). The third-order valence-corrected chi connectivity index (χ3v) is 4.67. The fraction of sp³-hybridized carbons (Fsp3) is 0. The number of hydrogen-bond donors (Lipinski definition) is 8. The quantitative estimate of drug-likeness (QED) is 0.129. The van der Waals surface area contributed by atoms with Crippen molar-refractivity contribution >= 4 is 59.1 Å². The number of nitrogens with two attached hydrogens (primary N) is 2. The van der Waals surface area contributed by atoms with E-state index in [4.69, 9.17) is 11.5 Å². The summed E-state index contributed by atoms with van der Waals surface area (Å²) >= 11 is 0. The zero-order valence-electron chi connectivity index (χ0n) is 17.7. The van der Waals surface area contributed by atoms with Crippen molar-refractivity contribution in [3.8, 4) is 0 Å². The van der Waals surface area contributed by atoms with Crippen LogP contribution in [0.15, 0.2) is 12.1 Å². The van der Waals surface area contributed by atoms with Crippen molar-refractivity contribution in [2.75, 3.05) is 11.5 Å². The maximum atomic E-state index is 12.6. The van der Waals surface area contributed by atoms with E-state index in [2.05, 4.69) is 4.74 Å². The van der Waals surface area contributed by atoms with Crippen LogP contribution in [-0.2, 0) is 4.74 Å². The number of esters is 2. The van der Waals surface area contributed by atoms with Gasteiger partial charge in [-0.3, -0.25) is 0 Å². The zero-order chi connectivity index (χ0) is 28.5. The molecule has 0 bridgehead atoms. The van der Waals surface area contributed by atoms with E-state index in [1.807, 2.05) is 0 Å². The summed E-state index contributed by atoms with van der Waals surface area (Å²) in [7, 11) is 0. The van der Waals surface area contributed by atoms with Gasteiger partial charge in [-0.15, -0.1) is 0 Å². The predicted molar refractivity (Wildman–Crippen MR) is 113 cm³/mol. The molecule has 0 aliphatic rings. The Morgan fingerprint density at radius 2 is 0.703 bits per heavy atom. The third kappa shape index (κ3) is 4.80. The second-order valence-electron chi connectivity index (χ2n) is 6.78. The van der Waals surface area contributed by atoms with E-state index in [1.165, 1.54) is 0 Å². The number of nitrogen functional groups attached to an aromatic ring is 2. The van der Waals surface area contributed by atoms with Gasteiger partial charge < -0.3 is 46.8 Å². The van der Waals surface area contributed by atoms with Gasteiger partial charge in [0.05, 0.1) is 55.9 Å². The molecule has 0 unspecified atom stereocenters. The highest BCUT2D eigenvalue weighted by molar-refractivity contribution is 6.19. The summed E-state index contributed by atoms with van der Waals surface area (Å²) in [5.74, 6) is -15.9. The zero-order valence-corrected chi connectivity index (χ0v) is 17.7. The van der Waals surface area contributed by atoms with Crippen LogP contribution in [0.3, 0.4) is 0 Å². The van der Waals surface area contributed by atoms with E-state index in [0.29, 0.717) is 0 Å². The smallest absolute Gasteiger partial charge is 0.347 e. The number of anilines is 2. The van der Waals surface area contributed by atoms with E-state index in [1.54, 1.807) is 0 Å². The molecule has 0 spiro atoms. The van der Waals surface area contributed by atoms with Gasteiger partial charge >= 0.3 is 47.8 Å². The summed E-state index contributed by atoms with van der Waals surface area (Å²) in [6.07, 6.45) is 0. The molecular weight excluding hydrogens is 508 g/mol. The molecule has 10 N–H and O–H groups in total. The van der Waals surface area contributed by atoms with E-state index < -0.39 is 104 Å². The average Bonchev–Trinajstić information content (AvgIpc) is 2.75. The van der Waals surface area contributed by atoms with Crippen LogP contribution in [0.25, 0.3) is 0 Å². The van der Waals surface area contributed by atoms with E-state index >= 15 is 0 Å². The summed E-state index contributed by atoms with van der Waals surface area (Å²) in [6, 6.07) is 0.452. The number of benzene rings is 2. The second kappa shape index (κ2) is 9.70. The van der Waals surface area contributed by atoms with Gasteiger partial charge in [-0.05, 0) is 12.1 Å². The van der Waals surface area contributed by atoms with Crippen LogP contribution in [0.4, 0.5) is 11.4 Å². The maximum absolute atomic E-state index is 12.6. The van der Waals surface area contributed by atoms with Crippen molar-refractivity contribution in [2.45, 2.75) is 0 Å². The molecule has 0 saturated carbocycles. The Kier molecular flexibility index (Phi) is 7.14. The van der Waals surface area contributed by atoms with Gasteiger partial charge in [-0.1, -0.05) is 0 Å². The first-order valence-corrected chi connectivity index (χ1v) is 9.11. The van der Waals surface area contributed by atoms with Crippen LogP contribution >= 0.6 is 0 Å². The van der Waals surface area contributed by atoms with E-state index in [0.717, 1.165) is 0 Å². The summed E-state index contributed by atoms with van der Waals surface area (Å²) < 4.78 is 4.39. The average molecular weight is 520 g/mol. The highest BCUT2D eigenvalue weighted by Crippen LogP contribution is 2.30. The molecule has 0 aromatic heterocycles. The lowest BCUT2D eigenvalue weighted by Crippen LogP contribution is -2.24. The molecule has 0 fully saturated rings. The Balaban J connectivity index is 2.78. The van der Waals surface area contributed by atoms with Gasteiger partial charge in [0, 0.05) is 0 Å². The Morgan fingerprint density at radius 3 is 0.919 bits per heavy atom. The fourth-order valence-corrected chi connectivity index (χ4v) is 3.18. The lowest BCUT2D eigenvalue weighted by Gasteiger charge is -2.15. The molecule has 0 heterocycles. The first-order chi connectivity index (χ1) is 17.0. The number of carboxylic acid groups (broad SMARTS) is 6. The lowest BCUT2D eigenvalue weighted by molar-refractivity contribution is 0.0385. The summed E-state index contributed by atoms with van der Waals surface area (Å²) in [4.78, 5) is 94.2. The van der Waals surface area contributed by atoms with Crippen molar-refractivity contribution in [1.29, 1.82) is 0 Å². The maximum Gasteiger partial charge on any atom is 0.347 e. The minimum atomic E-state index is -2.05. The van der Waals surface area contributed by atoms with Crippen molar-refractivity contribution in [1.82, 2.24) is 0 Å². The molecule has 0 atom stereocenters. The molecule has 0 aliphatic heterocycles. The Labute approximate surface area is 201 Å². The minimum absolute atomic E-state index is 0.226. The molecule has 2 aromatic carbocycles. The van der Waals surface area contributed by atoms with Crippen LogP contribution in [0.5, 0.6) is 0 Å². The Hall–Kier alpha value is -6.00. The van der Waals surface area contributed by atoms with Crippen LogP contribution in [-0.4, -0.2) is 78.4 Å². The summed E-state index contributed by atoms with van der Waals surface area (Å²) in [5.41, 5.74) is -1.32. The largest absolute Gasteiger partial charge is 0.478 e. The number of aromatic carboxylic acids is 6. The molecule has 37 heavy (non-hydrogen) atoms. The lowest BCUT2D eigenvalue weighted by atomic mass is 9.94. The van der Waals surface area contributed by atoms with Gasteiger partial charge in [-0.2, -0.15) is 0 Å². The van der Waals surface area contributed by atoms with Crippen LogP contribution in [0.2, 0.25) is 0 Å². The first kappa shape index (κ1) is 27.2. The second-order valence-corrected chi connectivity index (χ2v) is 6.78. The number of rotatable bonds is 8. The molecule has 2 rings (SSSR count). The molecule has 192 valence electrons. The highest BCUT2D eigenvalue weighted by Gasteiger charge is 2.34. The number of carbonyl (C=O) groups excluding carboxylic acids is 2. The van der Waals surface area contributed by atoms with Gasteiger partial charge in [0.2, 0.25) is 0 Å². The fourth-order valence-electron chi connectivity index (χ4n) is 3.18. The molecule has 17 heteroatoms. The van der Waals surface area contributed by atoms with Gasteiger partial charge in [0.25, 0.3) is 0 Å². The molecule has 0 amide bonds. The van der Waals surface area contributed by atoms with Gasteiger partial charge in [0.1, 0.15) is 0 Å². The number of carbonyl (C=O) groups is 8. The summed E-state index contributed by atoms with van der Waals surface area (Å²) in [5, 5.41) is 55.7. The third-order valence-electron chi connectivity index (χ3n) is 4.67. The van der Waals surface area contributed by atoms with Gasteiger partial charge in [-0.25, -0.2) is 38.4 Å². The molecule has 0 radical (unpaired) electrons. The van der Waals surface area contributed by atoms with Crippen molar-refractivity contribution < 1.29 is 73.7 Å².